The number of aryl methyl sites for hydroxylation is 1. The lowest BCUT2D eigenvalue weighted by Gasteiger charge is -2.24. The number of aromatic nitrogens is 2. The largest absolute Gasteiger partial charge is 0.439 e. The lowest BCUT2D eigenvalue weighted by Crippen LogP contribution is -2.36. The van der Waals surface area contributed by atoms with Crippen molar-refractivity contribution in [1.29, 1.82) is 0 Å². The van der Waals surface area contributed by atoms with Crippen molar-refractivity contribution >= 4 is 12.0 Å². The molecule has 1 saturated carbocycles. The molecule has 0 aliphatic heterocycles. The summed E-state index contributed by atoms with van der Waals surface area (Å²) in [5.74, 6) is 0.937. The van der Waals surface area contributed by atoms with E-state index in [1.165, 1.54) is 11.6 Å². The van der Waals surface area contributed by atoms with Gasteiger partial charge in [-0.1, -0.05) is 28.9 Å². The Labute approximate surface area is 188 Å². The summed E-state index contributed by atoms with van der Waals surface area (Å²) in [6.45, 7) is 1.74. The number of amides is 1. The first-order valence-electron chi connectivity index (χ1n) is 10.5. The Bertz CT molecular complexity index is 1140. The number of nitrogens with zero attached hydrogens (tertiary/aromatic N) is 2. The maximum absolute atomic E-state index is 12.7. The SMILES string of the molecule is Cc1cc(C(=O)NC2CCC(=Cc3cccc(Oc4ccc(C(F)(F)F)cn4)c3)CC2)no1. The molecule has 1 amide bonds. The van der Waals surface area contributed by atoms with Gasteiger partial charge in [-0.2, -0.15) is 13.2 Å². The lowest BCUT2D eigenvalue weighted by molar-refractivity contribution is -0.137. The number of benzene rings is 1. The number of allylic oxidation sites excluding steroid dienone is 1. The average molecular weight is 457 g/mol. The van der Waals surface area contributed by atoms with Gasteiger partial charge in [-0.25, -0.2) is 4.98 Å². The third-order valence-corrected chi connectivity index (χ3v) is 5.34. The molecule has 1 aromatic carbocycles. The van der Waals surface area contributed by atoms with Gasteiger partial charge in [0.15, 0.2) is 5.69 Å². The normalized spacial score (nSPS) is 16.4. The van der Waals surface area contributed by atoms with Gasteiger partial charge in [0.2, 0.25) is 5.88 Å². The summed E-state index contributed by atoms with van der Waals surface area (Å²) in [6, 6.07) is 11.1. The van der Waals surface area contributed by atoms with Crippen LogP contribution in [-0.4, -0.2) is 22.1 Å². The van der Waals surface area contributed by atoms with Crippen molar-refractivity contribution in [2.45, 2.75) is 44.8 Å². The maximum Gasteiger partial charge on any atom is 0.417 e. The monoisotopic (exact) mass is 457 g/mol. The molecule has 1 aliphatic carbocycles. The Kier molecular flexibility index (Phi) is 6.48. The number of carbonyl (C=O) groups excluding carboxylic acids is 1. The molecule has 2 heterocycles. The second-order valence-electron chi connectivity index (χ2n) is 7.93. The molecule has 1 aliphatic rings. The number of pyridine rings is 1. The summed E-state index contributed by atoms with van der Waals surface area (Å²) in [5.41, 5.74) is 1.64. The Morgan fingerprint density at radius 2 is 1.97 bits per heavy atom. The van der Waals surface area contributed by atoms with Gasteiger partial charge in [0.05, 0.1) is 5.56 Å². The molecule has 9 heteroatoms. The minimum atomic E-state index is -4.44. The van der Waals surface area contributed by atoms with E-state index in [4.69, 9.17) is 9.26 Å². The van der Waals surface area contributed by atoms with Crippen LogP contribution in [0.3, 0.4) is 0 Å². The van der Waals surface area contributed by atoms with E-state index >= 15 is 0 Å². The van der Waals surface area contributed by atoms with Crippen LogP contribution < -0.4 is 10.1 Å². The number of hydrogen-bond acceptors (Lipinski definition) is 5. The van der Waals surface area contributed by atoms with Crippen LogP contribution in [0.15, 0.2) is 58.8 Å². The summed E-state index contributed by atoms with van der Waals surface area (Å²) in [5, 5.41) is 6.74. The fourth-order valence-electron chi connectivity index (χ4n) is 3.64. The molecule has 0 atom stereocenters. The third-order valence-electron chi connectivity index (χ3n) is 5.34. The summed E-state index contributed by atoms with van der Waals surface area (Å²) >= 11 is 0. The van der Waals surface area contributed by atoms with E-state index in [1.807, 2.05) is 18.2 Å². The average Bonchev–Trinajstić information content (AvgIpc) is 3.22. The van der Waals surface area contributed by atoms with Crippen LogP contribution in [-0.2, 0) is 6.18 Å². The molecule has 33 heavy (non-hydrogen) atoms. The molecule has 0 unspecified atom stereocenters. The minimum absolute atomic E-state index is 0.0760. The number of ether oxygens (including phenoxy) is 1. The van der Waals surface area contributed by atoms with Crippen molar-refractivity contribution in [1.82, 2.24) is 15.5 Å². The van der Waals surface area contributed by atoms with Gasteiger partial charge >= 0.3 is 6.18 Å². The van der Waals surface area contributed by atoms with Crippen LogP contribution in [0.4, 0.5) is 13.2 Å². The van der Waals surface area contributed by atoms with Crippen molar-refractivity contribution < 1.29 is 27.2 Å². The van der Waals surface area contributed by atoms with Crippen molar-refractivity contribution in [3.05, 3.63) is 76.8 Å². The van der Waals surface area contributed by atoms with Gasteiger partial charge in [0.1, 0.15) is 11.5 Å². The number of rotatable bonds is 5. The molecule has 6 nitrogen and oxygen atoms in total. The maximum atomic E-state index is 12.7. The molecule has 172 valence electrons. The van der Waals surface area contributed by atoms with Gasteiger partial charge in [0.25, 0.3) is 5.91 Å². The predicted molar refractivity (Wildman–Crippen MR) is 115 cm³/mol. The number of hydrogen-bond donors (Lipinski definition) is 1. The molecule has 2 aromatic heterocycles. The first-order chi connectivity index (χ1) is 15.8. The fourth-order valence-corrected chi connectivity index (χ4v) is 3.64. The Morgan fingerprint density at radius 1 is 1.18 bits per heavy atom. The highest BCUT2D eigenvalue weighted by Crippen LogP contribution is 2.31. The molecule has 0 spiro atoms. The van der Waals surface area contributed by atoms with Crippen molar-refractivity contribution in [3.8, 4) is 11.6 Å². The number of alkyl halides is 3. The number of carbonyl (C=O) groups is 1. The highest BCUT2D eigenvalue weighted by atomic mass is 19.4. The van der Waals surface area contributed by atoms with Gasteiger partial charge in [-0.05, 0) is 56.4 Å². The van der Waals surface area contributed by atoms with E-state index in [9.17, 15) is 18.0 Å². The summed E-state index contributed by atoms with van der Waals surface area (Å²) in [4.78, 5) is 16.0. The third kappa shape index (κ3) is 6.00. The smallest absolute Gasteiger partial charge is 0.417 e. The zero-order valence-electron chi connectivity index (χ0n) is 17.9. The Morgan fingerprint density at radius 3 is 2.61 bits per heavy atom. The second kappa shape index (κ2) is 9.48. The van der Waals surface area contributed by atoms with Crippen LogP contribution in [0.2, 0.25) is 0 Å². The van der Waals surface area contributed by atoms with E-state index in [0.29, 0.717) is 11.5 Å². The first kappa shape index (κ1) is 22.6. The highest BCUT2D eigenvalue weighted by molar-refractivity contribution is 5.92. The van der Waals surface area contributed by atoms with Crippen LogP contribution in [0.5, 0.6) is 11.6 Å². The van der Waals surface area contributed by atoms with Gasteiger partial charge in [-0.15, -0.1) is 0 Å². The molecule has 3 aromatic rings. The molecule has 0 radical (unpaired) electrons. The summed E-state index contributed by atoms with van der Waals surface area (Å²) in [7, 11) is 0. The van der Waals surface area contributed by atoms with Crippen LogP contribution >= 0.6 is 0 Å². The van der Waals surface area contributed by atoms with Crippen molar-refractivity contribution in [2.75, 3.05) is 0 Å². The molecular formula is C24H22F3N3O3. The zero-order valence-corrected chi connectivity index (χ0v) is 17.9. The van der Waals surface area contributed by atoms with Crippen LogP contribution in [0.1, 0.15) is 53.1 Å². The number of halogens is 3. The Hall–Kier alpha value is -3.62. The fraction of sp³-hybridized carbons (Fsp3) is 0.292. The van der Waals surface area contributed by atoms with Gasteiger partial charge < -0.3 is 14.6 Å². The van der Waals surface area contributed by atoms with E-state index in [1.54, 1.807) is 19.1 Å². The van der Waals surface area contributed by atoms with Crippen LogP contribution in [0, 0.1) is 6.92 Å². The molecular weight excluding hydrogens is 435 g/mol. The van der Waals surface area contributed by atoms with E-state index in [2.05, 4.69) is 21.5 Å². The second-order valence-corrected chi connectivity index (χ2v) is 7.93. The van der Waals surface area contributed by atoms with E-state index in [0.717, 1.165) is 43.5 Å². The molecule has 4 rings (SSSR count). The summed E-state index contributed by atoms with van der Waals surface area (Å²) in [6.07, 6.45) is 1.71. The molecule has 1 fully saturated rings. The Balaban J connectivity index is 1.33. The van der Waals surface area contributed by atoms with Crippen molar-refractivity contribution in [2.24, 2.45) is 0 Å². The topological polar surface area (TPSA) is 77.2 Å². The molecule has 0 bridgehead atoms. The van der Waals surface area contributed by atoms with E-state index in [-0.39, 0.29) is 23.5 Å². The van der Waals surface area contributed by atoms with Crippen LogP contribution in [0.25, 0.3) is 6.08 Å². The molecule has 1 N–H and O–H groups in total. The van der Waals surface area contributed by atoms with E-state index < -0.39 is 11.7 Å². The number of nitrogens with one attached hydrogen (secondary N) is 1. The lowest BCUT2D eigenvalue weighted by atomic mass is 9.89. The standard InChI is InChI=1S/C24H22F3N3O3/c1-15-11-21(30-33-15)23(31)29-19-8-5-16(6-9-19)12-17-3-2-4-20(13-17)32-22-10-7-18(14-28-22)24(25,26)27/h2-4,7,10-14,19H,5-6,8-9H2,1H3,(H,29,31). The van der Waals surface area contributed by atoms with Gasteiger partial charge in [-0.3, -0.25) is 4.79 Å². The quantitative estimate of drug-likeness (QED) is 0.513. The molecule has 0 saturated heterocycles. The first-order valence-corrected chi connectivity index (χ1v) is 10.5. The zero-order chi connectivity index (χ0) is 23.4. The summed E-state index contributed by atoms with van der Waals surface area (Å²) < 4.78 is 48.6. The minimum Gasteiger partial charge on any atom is -0.439 e. The van der Waals surface area contributed by atoms with Gasteiger partial charge in [0, 0.05) is 24.4 Å². The highest BCUT2D eigenvalue weighted by Gasteiger charge is 2.30. The predicted octanol–water partition coefficient (Wildman–Crippen LogP) is 5.95. The van der Waals surface area contributed by atoms with Crippen molar-refractivity contribution in [3.63, 3.8) is 0 Å².